The number of benzene rings is 2. The van der Waals surface area contributed by atoms with E-state index in [4.69, 9.17) is 4.74 Å². The Hall–Kier alpha value is -2.38. The summed E-state index contributed by atoms with van der Waals surface area (Å²) < 4.78 is 31.4. The van der Waals surface area contributed by atoms with E-state index in [1.807, 2.05) is 45.0 Å². The molecule has 0 heterocycles. The first kappa shape index (κ1) is 20.9. The van der Waals surface area contributed by atoms with Crippen molar-refractivity contribution in [2.45, 2.75) is 32.1 Å². The zero-order chi connectivity index (χ0) is 20.2. The maximum Gasteiger partial charge on any atom is 0.242 e. The van der Waals surface area contributed by atoms with E-state index in [0.717, 1.165) is 26.7 Å². The molecule has 1 amide bonds. The van der Waals surface area contributed by atoms with Crippen molar-refractivity contribution in [2.75, 3.05) is 26.0 Å². The number of sulfonamides is 1. The number of anilines is 1. The first-order chi connectivity index (χ1) is 12.6. The number of carbonyl (C=O) groups is 1. The molecular formula is C20H26N2O4S. The van der Waals surface area contributed by atoms with Crippen LogP contribution < -0.4 is 10.1 Å². The van der Waals surface area contributed by atoms with E-state index in [-0.39, 0.29) is 17.2 Å². The lowest BCUT2D eigenvalue weighted by atomic mass is 10.1. The van der Waals surface area contributed by atoms with Crippen LogP contribution in [-0.4, -0.2) is 39.3 Å². The average molecular weight is 391 g/mol. The fraction of sp³-hybridized carbons (Fsp3) is 0.350. The summed E-state index contributed by atoms with van der Waals surface area (Å²) in [5.74, 6) is 0.552. The van der Waals surface area contributed by atoms with Gasteiger partial charge in [0, 0.05) is 19.8 Å². The van der Waals surface area contributed by atoms with E-state index in [0.29, 0.717) is 12.3 Å². The minimum absolute atomic E-state index is 0.159. The smallest absolute Gasteiger partial charge is 0.242 e. The van der Waals surface area contributed by atoms with Crippen molar-refractivity contribution in [3.8, 4) is 5.75 Å². The van der Waals surface area contributed by atoms with Gasteiger partial charge in [-0.15, -0.1) is 0 Å². The van der Waals surface area contributed by atoms with E-state index in [1.54, 1.807) is 6.07 Å². The lowest BCUT2D eigenvalue weighted by Crippen LogP contribution is -2.23. The number of nitrogens with one attached hydrogen (secondary N) is 1. The van der Waals surface area contributed by atoms with Crippen LogP contribution in [0.25, 0.3) is 0 Å². The Labute approximate surface area is 161 Å². The molecule has 27 heavy (non-hydrogen) atoms. The van der Waals surface area contributed by atoms with Gasteiger partial charge in [-0.3, -0.25) is 4.79 Å². The highest BCUT2D eigenvalue weighted by atomic mass is 32.2. The zero-order valence-corrected chi connectivity index (χ0v) is 17.2. The van der Waals surface area contributed by atoms with Crippen LogP contribution in [0.5, 0.6) is 5.75 Å². The van der Waals surface area contributed by atoms with Crippen molar-refractivity contribution in [2.24, 2.45) is 0 Å². The molecule has 2 aromatic rings. The van der Waals surface area contributed by atoms with Crippen LogP contribution in [0, 0.1) is 13.8 Å². The second kappa shape index (κ2) is 8.54. The lowest BCUT2D eigenvalue weighted by Gasteiger charge is -2.16. The topological polar surface area (TPSA) is 75.7 Å². The number of hydrogen-bond donors (Lipinski definition) is 1. The van der Waals surface area contributed by atoms with Gasteiger partial charge in [-0.05, 0) is 61.7 Å². The summed E-state index contributed by atoms with van der Waals surface area (Å²) in [6.07, 6.45) is 0.190. The first-order valence-electron chi connectivity index (χ1n) is 8.70. The molecule has 0 radical (unpaired) electrons. The van der Waals surface area contributed by atoms with Crippen molar-refractivity contribution in [1.29, 1.82) is 0 Å². The Morgan fingerprint density at radius 1 is 1.11 bits per heavy atom. The van der Waals surface area contributed by atoms with Crippen LogP contribution in [0.15, 0.2) is 41.3 Å². The third kappa shape index (κ3) is 5.08. The number of ether oxygens (including phenoxy) is 1. The Bertz CT molecular complexity index is 920. The van der Waals surface area contributed by atoms with Gasteiger partial charge in [0.25, 0.3) is 0 Å². The van der Waals surface area contributed by atoms with Gasteiger partial charge in [-0.1, -0.05) is 12.1 Å². The highest BCUT2D eigenvalue weighted by Crippen LogP contribution is 2.25. The highest BCUT2D eigenvalue weighted by Gasteiger charge is 2.20. The van der Waals surface area contributed by atoms with Crippen molar-refractivity contribution < 1.29 is 17.9 Å². The van der Waals surface area contributed by atoms with Gasteiger partial charge in [0.2, 0.25) is 15.9 Å². The molecule has 146 valence electrons. The Morgan fingerprint density at radius 2 is 1.74 bits per heavy atom. The quantitative estimate of drug-likeness (QED) is 0.788. The van der Waals surface area contributed by atoms with Gasteiger partial charge in [-0.2, -0.15) is 0 Å². The zero-order valence-electron chi connectivity index (χ0n) is 16.4. The lowest BCUT2D eigenvalue weighted by molar-refractivity contribution is -0.115. The monoisotopic (exact) mass is 390 g/mol. The second-order valence-corrected chi connectivity index (χ2v) is 8.65. The van der Waals surface area contributed by atoms with Gasteiger partial charge >= 0.3 is 0 Å². The molecule has 0 aliphatic carbocycles. The van der Waals surface area contributed by atoms with Gasteiger partial charge in [0.05, 0.1) is 17.9 Å². The summed E-state index contributed by atoms with van der Waals surface area (Å²) in [7, 11) is -0.614. The van der Waals surface area contributed by atoms with Gasteiger partial charge in [-0.25, -0.2) is 12.7 Å². The molecule has 0 aliphatic heterocycles. The molecular weight excluding hydrogens is 364 g/mol. The molecule has 1 N–H and O–H groups in total. The standard InChI is InChI=1S/C20H26N2O4S/c1-6-26-17-9-7-16(8-10-17)12-20(23)21-19-13-18(11-14(2)15(19)3)27(24,25)22(4)5/h7-11,13H,6,12H2,1-5H3,(H,21,23). The number of aryl methyl sites for hydroxylation is 1. The van der Waals surface area contributed by atoms with Crippen molar-refractivity contribution in [1.82, 2.24) is 4.31 Å². The van der Waals surface area contributed by atoms with E-state index in [9.17, 15) is 13.2 Å². The molecule has 0 spiro atoms. The maximum atomic E-state index is 12.4. The maximum absolute atomic E-state index is 12.4. The molecule has 0 aromatic heterocycles. The van der Waals surface area contributed by atoms with Crippen molar-refractivity contribution in [3.05, 3.63) is 53.1 Å². The SMILES string of the molecule is CCOc1ccc(CC(=O)Nc2cc(S(=O)(=O)N(C)C)cc(C)c2C)cc1. The Kier molecular flexibility index (Phi) is 6.62. The molecule has 0 fully saturated rings. The van der Waals surface area contributed by atoms with E-state index < -0.39 is 10.0 Å². The molecule has 6 nitrogen and oxygen atoms in total. The Morgan fingerprint density at radius 3 is 2.30 bits per heavy atom. The predicted octanol–water partition coefficient (Wildman–Crippen LogP) is 3.13. The van der Waals surface area contributed by atoms with Crippen LogP contribution >= 0.6 is 0 Å². The van der Waals surface area contributed by atoms with E-state index in [1.165, 1.54) is 20.2 Å². The molecule has 7 heteroatoms. The molecule has 2 aromatic carbocycles. The molecule has 0 unspecified atom stereocenters. The fourth-order valence-electron chi connectivity index (χ4n) is 2.57. The summed E-state index contributed by atoms with van der Waals surface area (Å²) in [6, 6.07) is 10.5. The van der Waals surface area contributed by atoms with Gasteiger partial charge < -0.3 is 10.1 Å². The molecule has 0 saturated heterocycles. The van der Waals surface area contributed by atoms with E-state index in [2.05, 4.69) is 5.32 Å². The van der Waals surface area contributed by atoms with Crippen molar-refractivity contribution in [3.63, 3.8) is 0 Å². The van der Waals surface area contributed by atoms with E-state index >= 15 is 0 Å². The Balaban J connectivity index is 2.20. The van der Waals surface area contributed by atoms with Crippen LogP contribution in [0.3, 0.4) is 0 Å². The summed E-state index contributed by atoms with van der Waals surface area (Å²) in [4.78, 5) is 12.6. The summed E-state index contributed by atoms with van der Waals surface area (Å²) in [5.41, 5.74) is 3.00. The normalized spacial score (nSPS) is 11.5. The van der Waals surface area contributed by atoms with Crippen LogP contribution in [0.1, 0.15) is 23.6 Å². The van der Waals surface area contributed by atoms with Crippen molar-refractivity contribution >= 4 is 21.6 Å². The molecule has 0 aliphatic rings. The highest BCUT2D eigenvalue weighted by molar-refractivity contribution is 7.89. The third-order valence-corrected chi connectivity index (χ3v) is 6.09. The average Bonchev–Trinajstić information content (AvgIpc) is 2.60. The first-order valence-corrected chi connectivity index (χ1v) is 10.1. The summed E-state index contributed by atoms with van der Waals surface area (Å²) >= 11 is 0. The van der Waals surface area contributed by atoms with Gasteiger partial charge in [0.15, 0.2) is 0 Å². The number of rotatable bonds is 7. The summed E-state index contributed by atoms with van der Waals surface area (Å²) in [6.45, 7) is 6.18. The van der Waals surface area contributed by atoms with Crippen LogP contribution in [0.4, 0.5) is 5.69 Å². The summed E-state index contributed by atoms with van der Waals surface area (Å²) in [5, 5.41) is 2.84. The molecule has 0 saturated carbocycles. The second-order valence-electron chi connectivity index (χ2n) is 6.50. The minimum atomic E-state index is -3.58. The third-order valence-electron chi connectivity index (χ3n) is 4.29. The van der Waals surface area contributed by atoms with Crippen LogP contribution in [-0.2, 0) is 21.2 Å². The fourth-order valence-corrected chi connectivity index (χ4v) is 3.58. The minimum Gasteiger partial charge on any atom is -0.494 e. The molecule has 0 atom stereocenters. The molecule has 0 bridgehead atoms. The molecule has 2 rings (SSSR count). The number of nitrogens with zero attached hydrogens (tertiary/aromatic N) is 1. The number of carbonyl (C=O) groups excluding carboxylic acids is 1. The van der Waals surface area contributed by atoms with Crippen LogP contribution in [0.2, 0.25) is 0 Å². The number of hydrogen-bond acceptors (Lipinski definition) is 4. The number of amides is 1. The largest absolute Gasteiger partial charge is 0.494 e. The van der Waals surface area contributed by atoms with Gasteiger partial charge in [0.1, 0.15) is 5.75 Å². The predicted molar refractivity (Wildman–Crippen MR) is 107 cm³/mol.